The first-order valence-corrected chi connectivity index (χ1v) is 9.04. The van der Waals surface area contributed by atoms with E-state index in [9.17, 15) is 19.2 Å². The lowest BCUT2D eigenvalue weighted by Gasteiger charge is -2.08. The van der Waals surface area contributed by atoms with Gasteiger partial charge in [-0.05, 0) is 30.3 Å². The van der Waals surface area contributed by atoms with Crippen LogP contribution in [0.5, 0.6) is 0 Å². The number of H-pyrrole nitrogens is 1. The molecule has 29 heavy (non-hydrogen) atoms. The van der Waals surface area contributed by atoms with Crippen molar-refractivity contribution in [2.45, 2.75) is 13.0 Å². The van der Waals surface area contributed by atoms with Crippen molar-refractivity contribution in [3.63, 3.8) is 0 Å². The molecular weight excluding hydrogens is 374 g/mol. The van der Waals surface area contributed by atoms with Crippen molar-refractivity contribution < 1.29 is 4.79 Å². The molecule has 9 heteroatoms. The topological polar surface area (TPSA) is 111 Å². The maximum atomic E-state index is 12.5. The maximum absolute atomic E-state index is 12.5. The average Bonchev–Trinajstić information content (AvgIpc) is 2.93. The number of hydrogen-bond donors (Lipinski definition) is 2. The summed E-state index contributed by atoms with van der Waals surface area (Å²) >= 11 is 0. The maximum Gasteiger partial charge on any atom is 0.328 e. The first-order chi connectivity index (χ1) is 13.9. The Morgan fingerprint density at radius 2 is 1.66 bits per heavy atom. The highest BCUT2D eigenvalue weighted by Crippen LogP contribution is 2.17. The number of anilines is 1. The van der Waals surface area contributed by atoms with Gasteiger partial charge < -0.3 is 5.32 Å². The molecule has 2 N–H and O–H groups in total. The Morgan fingerprint density at radius 3 is 2.41 bits per heavy atom. The van der Waals surface area contributed by atoms with Gasteiger partial charge in [0.15, 0.2) is 0 Å². The summed E-state index contributed by atoms with van der Waals surface area (Å²) in [6.45, 7) is 0.0385. The lowest BCUT2D eigenvalue weighted by molar-refractivity contribution is -0.116. The van der Waals surface area contributed by atoms with E-state index in [1.807, 2.05) is 0 Å². The predicted octanol–water partition coefficient (Wildman–Crippen LogP) is 0.909. The van der Waals surface area contributed by atoms with Crippen LogP contribution in [0, 0.1) is 0 Å². The van der Waals surface area contributed by atoms with Crippen LogP contribution in [-0.2, 0) is 25.4 Å². The minimum absolute atomic E-state index is 0.0000553. The third-order valence-corrected chi connectivity index (χ3v) is 5.00. The van der Waals surface area contributed by atoms with E-state index in [2.05, 4.69) is 10.4 Å². The van der Waals surface area contributed by atoms with Gasteiger partial charge in [0.05, 0.1) is 28.4 Å². The number of carbonyl (C=O) groups excluding carboxylic acids is 1. The molecule has 0 fully saturated rings. The number of hydrogen-bond acceptors (Lipinski definition) is 4. The zero-order valence-electron chi connectivity index (χ0n) is 15.9. The van der Waals surface area contributed by atoms with Crippen LogP contribution < -0.4 is 22.1 Å². The molecule has 0 atom stereocenters. The predicted molar refractivity (Wildman–Crippen MR) is 110 cm³/mol. The molecule has 9 nitrogen and oxygen atoms in total. The molecule has 1 amide bonds. The molecule has 4 aromatic rings. The Labute approximate surface area is 163 Å². The second-order valence-electron chi connectivity index (χ2n) is 6.85. The van der Waals surface area contributed by atoms with Gasteiger partial charge in [-0.3, -0.25) is 28.6 Å². The van der Waals surface area contributed by atoms with E-state index in [0.717, 1.165) is 10.2 Å². The van der Waals surface area contributed by atoms with Crippen LogP contribution in [0.4, 0.5) is 5.69 Å². The van der Waals surface area contributed by atoms with Crippen LogP contribution in [0.3, 0.4) is 0 Å². The minimum Gasteiger partial charge on any atom is -0.326 e. The molecule has 0 aliphatic heterocycles. The molecule has 0 unspecified atom stereocenters. The molecule has 0 aliphatic rings. The summed E-state index contributed by atoms with van der Waals surface area (Å²) in [6, 6.07) is 11.7. The molecule has 2 aromatic carbocycles. The monoisotopic (exact) mass is 393 g/mol. The van der Waals surface area contributed by atoms with E-state index in [-0.39, 0.29) is 35.7 Å². The van der Waals surface area contributed by atoms with Crippen LogP contribution in [0.25, 0.3) is 21.8 Å². The van der Waals surface area contributed by atoms with Crippen molar-refractivity contribution in [1.29, 1.82) is 0 Å². The Kier molecular flexibility index (Phi) is 4.42. The molecule has 4 rings (SSSR count). The lowest BCUT2D eigenvalue weighted by Crippen LogP contribution is -2.31. The number of aromatic nitrogens is 4. The highest BCUT2D eigenvalue weighted by molar-refractivity contribution is 5.93. The first kappa shape index (κ1) is 18.5. The summed E-state index contributed by atoms with van der Waals surface area (Å²) in [5, 5.41) is 5.90. The zero-order chi connectivity index (χ0) is 20.7. The van der Waals surface area contributed by atoms with Crippen molar-refractivity contribution in [1.82, 2.24) is 18.9 Å². The number of aryl methyl sites for hydroxylation is 3. The van der Waals surface area contributed by atoms with Crippen LogP contribution in [0.15, 0.2) is 56.8 Å². The molecular formula is C20H19N5O4. The molecule has 0 radical (unpaired) electrons. The van der Waals surface area contributed by atoms with Gasteiger partial charge in [-0.25, -0.2) is 9.48 Å². The Morgan fingerprint density at radius 1 is 0.966 bits per heavy atom. The fourth-order valence-electron chi connectivity index (χ4n) is 3.43. The fraction of sp³-hybridized carbons (Fsp3) is 0.200. The van der Waals surface area contributed by atoms with Crippen molar-refractivity contribution >= 4 is 33.4 Å². The Hall–Kier alpha value is -3.88. The zero-order valence-corrected chi connectivity index (χ0v) is 15.9. The van der Waals surface area contributed by atoms with Gasteiger partial charge in [0.1, 0.15) is 0 Å². The van der Waals surface area contributed by atoms with Crippen molar-refractivity contribution in [3.05, 3.63) is 73.7 Å². The number of fused-ring (bicyclic) bond motifs is 2. The third kappa shape index (κ3) is 3.16. The van der Waals surface area contributed by atoms with E-state index in [1.165, 1.54) is 9.13 Å². The minimum atomic E-state index is -0.379. The van der Waals surface area contributed by atoms with E-state index in [1.54, 1.807) is 56.6 Å². The molecule has 148 valence electrons. The summed E-state index contributed by atoms with van der Waals surface area (Å²) in [5.74, 6) is -0.314. The molecule has 0 aliphatic carbocycles. The molecule has 2 heterocycles. The van der Waals surface area contributed by atoms with Crippen LogP contribution in [0.2, 0.25) is 0 Å². The highest BCUT2D eigenvalue weighted by Gasteiger charge is 2.11. The van der Waals surface area contributed by atoms with Gasteiger partial charge in [-0.1, -0.05) is 12.1 Å². The summed E-state index contributed by atoms with van der Waals surface area (Å²) in [6.07, 6.45) is -0.0000553. The standard InChI is InChI=1S/C20H19N5O4/c1-23-15-8-7-12(11-16(15)24(2)20(23)29)21-17(26)9-10-25-19(28)14-6-4-3-5-13(14)18(27)22-25/h3-8,11H,9-10H2,1-2H3,(H,21,26)(H,22,27). The number of amides is 1. The van der Waals surface area contributed by atoms with Gasteiger partial charge >= 0.3 is 5.69 Å². The summed E-state index contributed by atoms with van der Waals surface area (Å²) in [4.78, 5) is 49.0. The Bertz CT molecular complexity index is 1440. The van der Waals surface area contributed by atoms with Gasteiger partial charge in [0, 0.05) is 26.2 Å². The summed E-state index contributed by atoms with van der Waals surface area (Å²) < 4.78 is 4.18. The quantitative estimate of drug-likeness (QED) is 0.537. The van der Waals surface area contributed by atoms with Gasteiger partial charge in [0.25, 0.3) is 11.1 Å². The summed E-state index contributed by atoms with van der Waals surface area (Å²) in [7, 11) is 3.35. The van der Waals surface area contributed by atoms with Gasteiger partial charge in [-0.15, -0.1) is 0 Å². The molecule has 0 spiro atoms. The first-order valence-electron chi connectivity index (χ1n) is 9.04. The number of nitrogens with one attached hydrogen (secondary N) is 2. The van der Waals surface area contributed by atoms with E-state index in [4.69, 9.17) is 0 Å². The number of imidazole rings is 1. The number of aromatic amines is 1. The lowest BCUT2D eigenvalue weighted by atomic mass is 10.2. The fourth-order valence-corrected chi connectivity index (χ4v) is 3.43. The van der Waals surface area contributed by atoms with Gasteiger partial charge in [-0.2, -0.15) is 0 Å². The van der Waals surface area contributed by atoms with Crippen molar-refractivity contribution in [2.75, 3.05) is 5.32 Å². The Balaban J connectivity index is 1.53. The second-order valence-corrected chi connectivity index (χ2v) is 6.85. The molecule has 0 bridgehead atoms. The number of rotatable bonds is 4. The van der Waals surface area contributed by atoms with E-state index < -0.39 is 0 Å². The highest BCUT2D eigenvalue weighted by atomic mass is 16.2. The molecule has 2 aromatic heterocycles. The van der Waals surface area contributed by atoms with Crippen molar-refractivity contribution in [2.24, 2.45) is 14.1 Å². The summed E-state index contributed by atoms with van der Waals surface area (Å²) in [5.41, 5.74) is 1.12. The normalized spacial score (nSPS) is 11.2. The van der Waals surface area contributed by atoms with Crippen LogP contribution >= 0.6 is 0 Å². The van der Waals surface area contributed by atoms with Crippen LogP contribution in [-0.4, -0.2) is 24.8 Å². The molecule has 0 saturated carbocycles. The molecule has 0 saturated heterocycles. The van der Waals surface area contributed by atoms with Crippen LogP contribution in [0.1, 0.15) is 6.42 Å². The smallest absolute Gasteiger partial charge is 0.326 e. The number of nitrogens with zero attached hydrogens (tertiary/aromatic N) is 3. The largest absolute Gasteiger partial charge is 0.328 e. The van der Waals surface area contributed by atoms with E-state index >= 15 is 0 Å². The van der Waals surface area contributed by atoms with E-state index in [0.29, 0.717) is 22.0 Å². The number of benzene rings is 2. The average molecular weight is 393 g/mol. The number of carbonyl (C=O) groups is 1. The SMILES string of the molecule is Cn1c(=O)n(C)c2cc(NC(=O)CCn3[nH]c(=O)c4ccccc4c3=O)ccc21. The van der Waals surface area contributed by atoms with Gasteiger partial charge in [0.2, 0.25) is 5.91 Å². The van der Waals surface area contributed by atoms with Crippen molar-refractivity contribution in [3.8, 4) is 0 Å². The second kappa shape index (κ2) is 6.93. The third-order valence-electron chi connectivity index (χ3n) is 5.00.